The number of hydrogen-bond donors (Lipinski definition) is 2. The number of halogens is 2. The fourth-order valence-corrected chi connectivity index (χ4v) is 1.96. The van der Waals surface area contributed by atoms with E-state index in [0.29, 0.717) is 5.56 Å². The second-order valence-corrected chi connectivity index (χ2v) is 5.01. The van der Waals surface area contributed by atoms with Gasteiger partial charge in [-0.15, -0.1) is 0 Å². The molecule has 0 spiro atoms. The Balaban J connectivity index is 3.36. The van der Waals surface area contributed by atoms with Crippen molar-refractivity contribution in [3.63, 3.8) is 0 Å². The third-order valence-corrected chi connectivity index (χ3v) is 2.84. The Morgan fingerprint density at radius 3 is 2.39 bits per heavy atom. The summed E-state index contributed by atoms with van der Waals surface area (Å²) in [5.74, 6) is -1.55. The molecule has 0 amide bonds. The highest BCUT2D eigenvalue weighted by atomic mass is 19.3. The second-order valence-electron chi connectivity index (χ2n) is 5.01. The van der Waals surface area contributed by atoms with Crippen LogP contribution in [0.2, 0.25) is 0 Å². The highest BCUT2D eigenvalue weighted by molar-refractivity contribution is 5.69. The SMILES string of the molecule is Cc1cc(C(F)F)c(O)c(C(C)(C)CC(=O)O)c1. The molecule has 0 saturated heterocycles. The van der Waals surface area contributed by atoms with Gasteiger partial charge in [0.25, 0.3) is 6.43 Å². The molecule has 1 rings (SSSR count). The normalized spacial score (nSPS) is 11.9. The number of alkyl halides is 2. The molecule has 0 atom stereocenters. The van der Waals surface area contributed by atoms with Crippen LogP contribution in [-0.4, -0.2) is 16.2 Å². The Bertz CT molecular complexity index is 468. The van der Waals surface area contributed by atoms with Gasteiger partial charge in [-0.25, -0.2) is 8.78 Å². The van der Waals surface area contributed by atoms with Crippen molar-refractivity contribution in [3.8, 4) is 5.75 Å². The van der Waals surface area contributed by atoms with Crippen LogP contribution in [-0.2, 0) is 10.2 Å². The molecule has 0 aliphatic carbocycles. The zero-order valence-corrected chi connectivity index (χ0v) is 10.5. The summed E-state index contributed by atoms with van der Waals surface area (Å²) < 4.78 is 25.5. The molecule has 0 unspecified atom stereocenters. The highest BCUT2D eigenvalue weighted by Crippen LogP contribution is 2.40. The van der Waals surface area contributed by atoms with E-state index in [2.05, 4.69) is 0 Å². The Hall–Kier alpha value is -1.65. The molecule has 100 valence electrons. The van der Waals surface area contributed by atoms with Crippen molar-refractivity contribution in [2.24, 2.45) is 0 Å². The number of aliphatic carboxylic acids is 1. The Labute approximate surface area is 104 Å². The van der Waals surface area contributed by atoms with Crippen LogP contribution < -0.4 is 0 Å². The van der Waals surface area contributed by atoms with E-state index in [1.54, 1.807) is 26.8 Å². The monoisotopic (exact) mass is 258 g/mol. The molecule has 0 aliphatic heterocycles. The minimum absolute atomic E-state index is 0.236. The lowest BCUT2D eigenvalue weighted by molar-refractivity contribution is -0.138. The topological polar surface area (TPSA) is 57.5 Å². The lowest BCUT2D eigenvalue weighted by Gasteiger charge is -2.25. The first kappa shape index (κ1) is 14.4. The van der Waals surface area contributed by atoms with Gasteiger partial charge in [-0.2, -0.15) is 0 Å². The molecule has 0 saturated carbocycles. The molecular formula is C13H16F2O3. The van der Waals surface area contributed by atoms with Crippen LogP contribution in [0.1, 0.15) is 43.4 Å². The van der Waals surface area contributed by atoms with E-state index in [-0.39, 0.29) is 12.0 Å². The molecule has 0 heterocycles. The predicted molar refractivity (Wildman–Crippen MR) is 63.1 cm³/mol. The first-order valence-electron chi connectivity index (χ1n) is 5.49. The van der Waals surface area contributed by atoms with Crippen LogP contribution in [0.5, 0.6) is 5.75 Å². The maximum atomic E-state index is 12.8. The van der Waals surface area contributed by atoms with E-state index in [9.17, 15) is 18.7 Å². The average Bonchev–Trinajstić information content (AvgIpc) is 2.18. The highest BCUT2D eigenvalue weighted by Gasteiger charge is 2.29. The largest absolute Gasteiger partial charge is 0.507 e. The second kappa shape index (κ2) is 4.92. The Morgan fingerprint density at radius 1 is 1.39 bits per heavy atom. The summed E-state index contributed by atoms with van der Waals surface area (Å²) in [6.45, 7) is 4.83. The third kappa shape index (κ3) is 2.97. The van der Waals surface area contributed by atoms with Crippen molar-refractivity contribution in [2.75, 3.05) is 0 Å². The summed E-state index contributed by atoms with van der Waals surface area (Å²) in [5.41, 5.74) is -0.564. The minimum atomic E-state index is -2.79. The number of rotatable bonds is 4. The van der Waals surface area contributed by atoms with E-state index >= 15 is 0 Å². The number of carbonyl (C=O) groups is 1. The molecular weight excluding hydrogens is 242 g/mol. The maximum Gasteiger partial charge on any atom is 0.304 e. The van der Waals surface area contributed by atoms with E-state index < -0.39 is 29.1 Å². The lowest BCUT2D eigenvalue weighted by Crippen LogP contribution is -2.22. The number of aromatic hydroxyl groups is 1. The number of carboxylic acid groups (broad SMARTS) is 1. The van der Waals surface area contributed by atoms with Gasteiger partial charge in [0.05, 0.1) is 12.0 Å². The van der Waals surface area contributed by atoms with Gasteiger partial charge in [-0.1, -0.05) is 25.5 Å². The average molecular weight is 258 g/mol. The number of phenolic OH excluding ortho intramolecular Hbond substituents is 1. The van der Waals surface area contributed by atoms with Crippen molar-refractivity contribution in [3.05, 3.63) is 28.8 Å². The third-order valence-electron chi connectivity index (χ3n) is 2.84. The molecule has 3 nitrogen and oxygen atoms in total. The van der Waals surface area contributed by atoms with Crippen LogP contribution in [0.25, 0.3) is 0 Å². The van der Waals surface area contributed by atoms with Crippen molar-refractivity contribution in [1.82, 2.24) is 0 Å². The van der Waals surface area contributed by atoms with E-state index in [0.717, 1.165) is 0 Å². The quantitative estimate of drug-likeness (QED) is 0.870. The van der Waals surface area contributed by atoms with Crippen molar-refractivity contribution in [1.29, 1.82) is 0 Å². The number of aryl methyl sites for hydroxylation is 1. The van der Waals surface area contributed by atoms with Gasteiger partial charge in [-0.05, 0) is 13.0 Å². The van der Waals surface area contributed by atoms with E-state index in [4.69, 9.17) is 5.11 Å². The number of carboxylic acids is 1. The van der Waals surface area contributed by atoms with Gasteiger partial charge in [0.2, 0.25) is 0 Å². The first-order valence-corrected chi connectivity index (χ1v) is 5.49. The van der Waals surface area contributed by atoms with Crippen LogP contribution in [0.15, 0.2) is 12.1 Å². The molecule has 0 fully saturated rings. The summed E-state index contributed by atoms with van der Waals surface area (Å²) >= 11 is 0. The molecule has 1 aromatic rings. The fraction of sp³-hybridized carbons (Fsp3) is 0.462. The lowest BCUT2D eigenvalue weighted by atomic mass is 9.79. The first-order chi connectivity index (χ1) is 8.15. The van der Waals surface area contributed by atoms with E-state index in [1.807, 2.05) is 0 Å². The summed E-state index contributed by atoms with van der Waals surface area (Å²) in [6, 6.07) is 2.75. The minimum Gasteiger partial charge on any atom is -0.507 e. The van der Waals surface area contributed by atoms with Gasteiger partial charge in [-0.3, -0.25) is 4.79 Å². The van der Waals surface area contributed by atoms with Gasteiger partial charge in [0, 0.05) is 11.0 Å². The van der Waals surface area contributed by atoms with Gasteiger partial charge < -0.3 is 10.2 Å². The zero-order valence-electron chi connectivity index (χ0n) is 10.5. The summed E-state index contributed by atoms with van der Waals surface area (Å²) in [6.07, 6.45) is -3.03. The van der Waals surface area contributed by atoms with Gasteiger partial charge in [0.15, 0.2) is 0 Å². The van der Waals surface area contributed by atoms with Crippen molar-refractivity contribution in [2.45, 2.75) is 39.0 Å². The smallest absolute Gasteiger partial charge is 0.304 e. The molecule has 0 aliphatic rings. The van der Waals surface area contributed by atoms with Crippen molar-refractivity contribution < 1.29 is 23.8 Å². The zero-order chi connectivity index (χ0) is 14.1. The fourth-order valence-electron chi connectivity index (χ4n) is 1.96. The van der Waals surface area contributed by atoms with Crippen LogP contribution >= 0.6 is 0 Å². The number of phenols is 1. The molecule has 2 N–H and O–H groups in total. The molecule has 18 heavy (non-hydrogen) atoms. The van der Waals surface area contributed by atoms with Crippen LogP contribution in [0.3, 0.4) is 0 Å². The van der Waals surface area contributed by atoms with Crippen LogP contribution in [0.4, 0.5) is 8.78 Å². The van der Waals surface area contributed by atoms with Crippen molar-refractivity contribution >= 4 is 5.97 Å². The molecule has 5 heteroatoms. The Kier molecular flexibility index (Phi) is 3.94. The summed E-state index contributed by atoms with van der Waals surface area (Å²) in [4.78, 5) is 10.8. The molecule has 1 aromatic carbocycles. The molecule has 0 radical (unpaired) electrons. The maximum absolute atomic E-state index is 12.8. The number of benzene rings is 1. The number of hydrogen-bond acceptors (Lipinski definition) is 2. The summed E-state index contributed by atoms with van der Waals surface area (Å²) in [7, 11) is 0. The van der Waals surface area contributed by atoms with E-state index in [1.165, 1.54) is 6.07 Å². The Morgan fingerprint density at radius 2 is 1.94 bits per heavy atom. The predicted octanol–water partition coefficient (Wildman–Crippen LogP) is 3.39. The standard InChI is InChI=1S/C13H16F2O3/c1-7-4-8(12(14)15)11(18)9(5-7)13(2,3)6-10(16)17/h4-5,12,18H,6H2,1-3H3,(H,16,17). The summed E-state index contributed by atoms with van der Waals surface area (Å²) in [5, 5.41) is 18.7. The van der Waals surface area contributed by atoms with Gasteiger partial charge >= 0.3 is 5.97 Å². The van der Waals surface area contributed by atoms with Gasteiger partial charge in [0.1, 0.15) is 5.75 Å². The molecule has 0 aromatic heterocycles. The molecule has 0 bridgehead atoms. The van der Waals surface area contributed by atoms with Crippen LogP contribution in [0, 0.1) is 6.92 Å².